The van der Waals surface area contributed by atoms with Crippen LogP contribution in [0.1, 0.15) is 17.5 Å². The molecule has 0 saturated carbocycles. The molecule has 0 aliphatic heterocycles. The van der Waals surface area contributed by atoms with E-state index in [2.05, 4.69) is 44.5 Å². The van der Waals surface area contributed by atoms with E-state index in [1.807, 2.05) is 6.20 Å². The van der Waals surface area contributed by atoms with Gasteiger partial charge in [-0.2, -0.15) is 0 Å². The van der Waals surface area contributed by atoms with Gasteiger partial charge in [-0.05, 0) is 46.7 Å². The first-order chi connectivity index (χ1) is 7.20. The van der Waals surface area contributed by atoms with E-state index in [0.717, 1.165) is 21.5 Å². The number of H-pyrrole nitrogens is 1. The molecule has 1 N–H and O–H groups in total. The summed E-state index contributed by atoms with van der Waals surface area (Å²) < 4.78 is 4.11. The molecule has 15 heavy (non-hydrogen) atoms. The molecule has 0 spiro atoms. The van der Waals surface area contributed by atoms with Gasteiger partial charge in [0.15, 0.2) is 4.77 Å². The van der Waals surface area contributed by atoms with Crippen molar-refractivity contribution in [2.24, 2.45) is 0 Å². The van der Waals surface area contributed by atoms with E-state index in [0.29, 0.717) is 0 Å². The van der Waals surface area contributed by atoms with Gasteiger partial charge in [-0.25, -0.2) is 0 Å². The van der Waals surface area contributed by atoms with Crippen LogP contribution in [0.2, 0.25) is 0 Å². The third-order valence-corrected chi connectivity index (χ3v) is 4.21. The molecule has 80 valence electrons. The van der Waals surface area contributed by atoms with E-state index in [-0.39, 0.29) is 0 Å². The minimum Gasteiger partial charge on any atom is -0.337 e. The van der Waals surface area contributed by atoms with Gasteiger partial charge >= 0.3 is 0 Å². The van der Waals surface area contributed by atoms with Crippen molar-refractivity contribution in [1.29, 1.82) is 0 Å². The van der Waals surface area contributed by atoms with E-state index < -0.39 is 0 Å². The van der Waals surface area contributed by atoms with Gasteiger partial charge in [0.1, 0.15) is 0 Å². The third-order valence-electron chi connectivity index (χ3n) is 2.26. The number of halogens is 1. The molecular weight excluding hydrogens is 292 g/mol. The minimum atomic E-state index is 0.802. The van der Waals surface area contributed by atoms with Crippen LogP contribution in [0.15, 0.2) is 22.1 Å². The summed E-state index contributed by atoms with van der Waals surface area (Å²) in [4.78, 5) is 4.40. The molecule has 0 amide bonds. The smallest absolute Gasteiger partial charge is 0.177 e. The van der Waals surface area contributed by atoms with Gasteiger partial charge in [-0.15, -0.1) is 11.3 Å². The van der Waals surface area contributed by atoms with Crippen LogP contribution in [0.25, 0.3) is 0 Å². The van der Waals surface area contributed by atoms with Gasteiger partial charge in [0.05, 0.1) is 10.3 Å². The summed E-state index contributed by atoms with van der Waals surface area (Å²) >= 11 is 10.5. The molecule has 0 bridgehead atoms. The Hall–Kier alpha value is -0.390. The van der Waals surface area contributed by atoms with Crippen LogP contribution in [-0.2, 0) is 13.0 Å². The number of imidazole rings is 1. The number of thiophene rings is 1. The number of nitrogens with zero attached hydrogens (tertiary/aromatic N) is 1. The van der Waals surface area contributed by atoms with Crippen LogP contribution < -0.4 is 0 Å². The highest BCUT2D eigenvalue weighted by molar-refractivity contribution is 9.11. The largest absolute Gasteiger partial charge is 0.337 e. The van der Waals surface area contributed by atoms with Crippen molar-refractivity contribution in [2.45, 2.75) is 19.9 Å². The maximum atomic E-state index is 5.25. The van der Waals surface area contributed by atoms with E-state index in [9.17, 15) is 0 Å². The summed E-state index contributed by atoms with van der Waals surface area (Å²) in [5, 5.41) is 0. The summed E-state index contributed by atoms with van der Waals surface area (Å²) in [7, 11) is 0. The first-order valence-corrected chi connectivity index (χ1v) is 6.73. The molecule has 2 nitrogen and oxygen atoms in total. The normalized spacial score (nSPS) is 10.8. The second-order valence-corrected chi connectivity index (χ2v) is 6.16. The van der Waals surface area contributed by atoms with Crippen LogP contribution in [0.4, 0.5) is 0 Å². The summed E-state index contributed by atoms with van der Waals surface area (Å²) in [5.41, 5.74) is 1.25. The Morgan fingerprint density at radius 1 is 1.53 bits per heavy atom. The number of aryl methyl sites for hydroxylation is 1. The molecule has 2 rings (SSSR count). The van der Waals surface area contributed by atoms with Crippen molar-refractivity contribution in [2.75, 3.05) is 0 Å². The van der Waals surface area contributed by atoms with Crippen LogP contribution >= 0.6 is 39.5 Å². The monoisotopic (exact) mass is 302 g/mol. The first-order valence-electron chi connectivity index (χ1n) is 4.72. The van der Waals surface area contributed by atoms with Crippen LogP contribution in [0.3, 0.4) is 0 Å². The number of hydrogen-bond acceptors (Lipinski definition) is 2. The molecule has 0 aliphatic carbocycles. The molecule has 0 radical (unpaired) electrons. The van der Waals surface area contributed by atoms with Crippen molar-refractivity contribution in [3.8, 4) is 0 Å². The maximum Gasteiger partial charge on any atom is 0.177 e. The molecule has 0 fully saturated rings. The zero-order valence-electron chi connectivity index (χ0n) is 8.29. The second-order valence-electron chi connectivity index (χ2n) is 3.23. The number of hydrogen-bond donors (Lipinski definition) is 1. The van der Waals surface area contributed by atoms with Gasteiger partial charge < -0.3 is 9.55 Å². The fourth-order valence-electron chi connectivity index (χ4n) is 1.49. The lowest BCUT2D eigenvalue weighted by Gasteiger charge is -2.04. The van der Waals surface area contributed by atoms with Crippen molar-refractivity contribution < 1.29 is 0 Å². The Morgan fingerprint density at radius 2 is 2.33 bits per heavy atom. The highest BCUT2D eigenvalue weighted by atomic mass is 79.9. The molecule has 0 atom stereocenters. The third kappa shape index (κ3) is 2.41. The molecule has 2 aromatic rings. The lowest BCUT2D eigenvalue weighted by atomic mass is 10.3. The minimum absolute atomic E-state index is 0.802. The summed E-state index contributed by atoms with van der Waals surface area (Å²) in [5.74, 6) is 0. The number of nitrogens with one attached hydrogen (secondary N) is 1. The van der Waals surface area contributed by atoms with E-state index in [4.69, 9.17) is 12.2 Å². The molecule has 5 heteroatoms. The van der Waals surface area contributed by atoms with Crippen LogP contribution in [0, 0.1) is 4.77 Å². The Morgan fingerprint density at radius 3 is 2.93 bits per heavy atom. The predicted octanol–water partition coefficient (Wildman–Crippen LogP) is 3.98. The summed E-state index contributed by atoms with van der Waals surface area (Å²) in [6.07, 6.45) is 2.99. The SMILES string of the molecule is CCc1c[nH]c(=S)n1Cc1ccc(Br)s1. The maximum absolute atomic E-state index is 5.25. The van der Waals surface area contributed by atoms with E-state index in [1.165, 1.54) is 10.6 Å². The summed E-state index contributed by atoms with van der Waals surface area (Å²) in [6.45, 7) is 3.00. The highest BCUT2D eigenvalue weighted by Gasteiger charge is 2.04. The Kier molecular flexibility index (Phi) is 3.43. The van der Waals surface area contributed by atoms with Gasteiger partial charge in [-0.3, -0.25) is 0 Å². The van der Waals surface area contributed by atoms with Crippen molar-refractivity contribution in [1.82, 2.24) is 9.55 Å². The molecule has 0 aliphatic rings. The fourth-order valence-corrected chi connectivity index (χ4v) is 3.20. The molecule has 2 heterocycles. The van der Waals surface area contributed by atoms with Crippen LogP contribution in [-0.4, -0.2) is 9.55 Å². The van der Waals surface area contributed by atoms with Crippen molar-refractivity contribution >= 4 is 39.5 Å². The zero-order valence-corrected chi connectivity index (χ0v) is 11.5. The topological polar surface area (TPSA) is 20.7 Å². The lowest BCUT2D eigenvalue weighted by molar-refractivity contribution is 0.745. The van der Waals surface area contributed by atoms with Crippen molar-refractivity contribution in [3.05, 3.63) is 37.5 Å². The summed E-state index contributed by atoms with van der Waals surface area (Å²) in [6, 6.07) is 4.20. The Balaban J connectivity index is 2.31. The standard InChI is InChI=1S/C10H11BrN2S2/c1-2-7-5-12-10(14)13(7)6-8-3-4-9(11)15-8/h3-5H,2,6H2,1H3,(H,12,14). The van der Waals surface area contributed by atoms with Crippen LogP contribution in [0.5, 0.6) is 0 Å². The second kappa shape index (κ2) is 4.63. The predicted molar refractivity (Wildman–Crippen MR) is 70.1 cm³/mol. The van der Waals surface area contributed by atoms with E-state index >= 15 is 0 Å². The average molecular weight is 303 g/mol. The number of aromatic amines is 1. The number of aromatic nitrogens is 2. The van der Waals surface area contributed by atoms with Gasteiger partial charge in [0, 0.05) is 16.8 Å². The zero-order chi connectivity index (χ0) is 10.8. The fraction of sp³-hybridized carbons (Fsp3) is 0.300. The first kappa shape index (κ1) is 11.1. The molecule has 0 unspecified atom stereocenters. The molecule has 0 saturated heterocycles. The molecule has 2 aromatic heterocycles. The Bertz CT molecular complexity index is 509. The van der Waals surface area contributed by atoms with Gasteiger partial charge in [0.2, 0.25) is 0 Å². The quantitative estimate of drug-likeness (QED) is 0.851. The average Bonchev–Trinajstić information content (AvgIpc) is 2.76. The van der Waals surface area contributed by atoms with Crippen molar-refractivity contribution in [3.63, 3.8) is 0 Å². The highest BCUT2D eigenvalue weighted by Crippen LogP contribution is 2.23. The number of rotatable bonds is 3. The van der Waals surface area contributed by atoms with Gasteiger partial charge in [0.25, 0.3) is 0 Å². The molecular formula is C10H11BrN2S2. The van der Waals surface area contributed by atoms with Gasteiger partial charge in [-0.1, -0.05) is 6.92 Å². The lowest BCUT2D eigenvalue weighted by Crippen LogP contribution is -2.02. The molecule has 0 aromatic carbocycles. The van der Waals surface area contributed by atoms with E-state index in [1.54, 1.807) is 11.3 Å². The Labute approximate surface area is 106 Å².